The zero-order chi connectivity index (χ0) is 17.2. The van der Waals surface area contributed by atoms with Crippen molar-refractivity contribution in [2.24, 2.45) is 16.7 Å². The van der Waals surface area contributed by atoms with Gasteiger partial charge in [0.15, 0.2) is 0 Å². The van der Waals surface area contributed by atoms with Gasteiger partial charge in [-0.3, -0.25) is 0 Å². The maximum atomic E-state index is 10.2. The Hall–Kier alpha value is -0.980. The van der Waals surface area contributed by atoms with Gasteiger partial charge >= 0.3 is 0 Å². The highest BCUT2D eigenvalue weighted by Gasteiger charge is 2.62. The summed E-state index contributed by atoms with van der Waals surface area (Å²) >= 11 is 0. The summed E-state index contributed by atoms with van der Waals surface area (Å²) in [6.07, 6.45) is 12.7. The Morgan fingerprint density at radius 2 is 1.58 bits per heavy atom. The Balaban J connectivity index is 1.82. The summed E-state index contributed by atoms with van der Waals surface area (Å²) in [5, 5.41) is 10.2. The molecule has 4 atom stereocenters. The lowest BCUT2D eigenvalue weighted by atomic mass is 9.37. The molecule has 0 aliphatic heterocycles. The maximum absolute atomic E-state index is 10.2. The van der Waals surface area contributed by atoms with Crippen molar-refractivity contribution in [1.29, 1.82) is 0 Å². The maximum Gasteiger partial charge on any atom is 0.121 e. The molecule has 1 heteroatoms. The molecule has 1 nitrogen and oxygen atoms in total. The van der Waals surface area contributed by atoms with Crippen molar-refractivity contribution >= 4 is 0 Å². The van der Waals surface area contributed by atoms with Crippen molar-refractivity contribution in [2.75, 3.05) is 0 Å². The predicted molar refractivity (Wildman–Crippen MR) is 101 cm³/mol. The Labute approximate surface area is 147 Å². The normalized spacial score (nSPS) is 40.2. The molecule has 4 fully saturated rings. The van der Waals surface area contributed by atoms with Gasteiger partial charge in [-0.05, 0) is 97.6 Å². The molecular formula is C23H34O. The fraction of sp³-hybridized carbons (Fsp3) is 0.739. The summed E-state index contributed by atoms with van der Waals surface area (Å²) < 4.78 is 0. The Morgan fingerprint density at radius 3 is 2.21 bits per heavy atom. The van der Waals surface area contributed by atoms with Crippen LogP contribution >= 0.6 is 0 Å². The van der Waals surface area contributed by atoms with Crippen LogP contribution in [0.5, 0.6) is 5.75 Å². The molecule has 4 bridgehead atoms. The van der Waals surface area contributed by atoms with E-state index in [4.69, 9.17) is 0 Å². The number of phenolic OH excluding ortho intramolecular Hbond substituents is 1. The molecule has 1 N–H and O–H groups in total. The number of hydrogen-bond acceptors (Lipinski definition) is 1. The van der Waals surface area contributed by atoms with Crippen LogP contribution in [0.15, 0.2) is 12.1 Å². The Morgan fingerprint density at radius 1 is 0.958 bits per heavy atom. The van der Waals surface area contributed by atoms with Gasteiger partial charge in [0.1, 0.15) is 5.75 Å². The van der Waals surface area contributed by atoms with E-state index in [0.29, 0.717) is 22.0 Å². The molecule has 0 aromatic heterocycles. The van der Waals surface area contributed by atoms with E-state index in [2.05, 4.69) is 39.8 Å². The van der Waals surface area contributed by atoms with Gasteiger partial charge < -0.3 is 5.11 Å². The molecule has 0 radical (unpaired) electrons. The Bertz CT molecular complexity index is 639. The van der Waals surface area contributed by atoms with E-state index >= 15 is 0 Å². The molecule has 4 saturated carbocycles. The third kappa shape index (κ3) is 2.26. The van der Waals surface area contributed by atoms with E-state index in [1.54, 1.807) is 0 Å². The van der Waals surface area contributed by atoms with Gasteiger partial charge in [0, 0.05) is 0 Å². The number of rotatable bonds is 4. The van der Waals surface area contributed by atoms with E-state index in [1.165, 1.54) is 63.4 Å². The molecule has 4 unspecified atom stereocenters. The number of phenols is 1. The summed E-state index contributed by atoms with van der Waals surface area (Å²) in [4.78, 5) is 0. The number of aromatic hydroxyl groups is 1. The van der Waals surface area contributed by atoms with Crippen molar-refractivity contribution in [3.8, 4) is 5.75 Å². The summed E-state index contributed by atoms with van der Waals surface area (Å²) in [6, 6.07) is 4.64. The van der Waals surface area contributed by atoms with Crippen molar-refractivity contribution < 1.29 is 5.11 Å². The molecule has 0 saturated heterocycles. The highest BCUT2D eigenvalue weighted by molar-refractivity contribution is 5.46. The molecule has 0 heterocycles. The average molecular weight is 327 g/mol. The van der Waals surface area contributed by atoms with Crippen LogP contribution in [-0.2, 0) is 5.41 Å². The van der Waals surface area contributed by atoms with Crippen LogP contribution in [0.4, 0.5) is 0 Å². The molecular weight excluding hydrogens is 292 g/mol. The van der Waals surface area contributed by atoms with Gasteiger partial charge in [-0.2, -0.15) is 0 Å². The topological polar surface area (TPSA) is 20.2 Å². The van der Waals surface area contributed by atoms with Gasteiger partial charge in [-0.25, -0.2) is 0 Å². The lowest BCUT2D eigenvalue weighted by Gasteiger charge is -2.67. The second kappa shape index (κ2) is 5.26. The summed E-state index contributed by atoms with van der Waals surface area (Å²) in [5.41, 5.74) is 5.25. The van der Waals surface area contributed by atoms with Crippen LogP contribution in [0.3, 0.4) is 0 Å². The van der Waals surface area contributed by atoms with E-state index in [1.807, 2.05) is 0 Å². The van der Waals surface area contributed by atoms with E-state index < -0.39 is 0 Å². The van der Waals surface area contributed by atoms with Gasteiger partial charge in [-0.1, -0.05) is 38.8 Å². The lowest BCUT2D eigenvalue weighted by molar-refractivity contribution is -0.131. The Kier molecular flexibility index (Phi) is 3.61. The van der Waals surface area contributed by atoms with Gasteiger partial charge in [-0.15, -0.1) is 0 Å². The van der Waals surface area contributed by atoms with E-state index in [9.17, 15) is 5.11 Å². The van der Waals surface area contributed by atoms with Gasteiger partial charge in [0.2, 0.25) is 0 Å². The SMILES string of the molecule is CCCC12CC3CC(CC)(C1)CC(c1cc(C)c(O)c(C)c1)(C3)C2. The first-order chi connectivity index (χ1) is 11.3. The van der Waals surface area contributed by atoms with Crippen LogP contribution in [0, 0.1) is 30.6 Å². The fourth-order valence-electron chi connectivity index (χ4n) is 7.63. The zero-order valence-electron chi connectivity index (χ0n) is 16.0. The fourth-order valence-corrected chi connectivity index (χ4v) is 7.63. The van der Waals surface area contributed by atoms with Gasteiger partial charge in [0.25, 0.3) is 0 Å². The van der Waals surface area contributed by atoms with E-state index in [0.717, 1.165) is 17.0 Å². The highest BCUT2D eigenvalue weighted by Crippen LogP contribution is 2.72. The first-order valence-corrected chi connectivity index (χ1v) is 10.2. The molecule has 0 spiro atoms. The number of benzene rings is 1. The molecule has 24 heavy (non-hydrogen) atoms. The molecule has 1 aromatic carbocycles. The number of aryl methyl sites for hydroxylation is 2. The minimum atomic E-state index is 0.383. The van der Waals surface area contributed by atoms with Crippen LogP contribution in [0.25, 0.3) is 0 Å². The van der Waals surface area contributed by atoms with E-state index in [-0.39, 0.29) is 0 Å². The molecule has 5 rings (SSSR count). The van der Waals surface area contributed by atoms with Crippen molar-refractivity contribution in [3.05, 3.63) is 28.8 Å². The third-order valence-electron chi connectivity index (χ3n) is 7.93. The zero-order valence-corrected chi connectivity index (χ0v) is 16.0. The quantitative estimate of drug-likeness (QED) is 0.676. The van der Waals surface area contributed by atoms with Crippen LogP contribution in [-0.4, -0.2) is 5.11 Å². The molecule has 132 valence electrons. The monoisotopic (exact) mass is 326 g/mol. The summed E-state index contributed by atoms with van der Waals surface area (Å²) in [7, 11) is 0. The third-order valence-corrected chi connectivity index (χ3v) is 7.93. The van der Waals surface area contributed by atoms with Crippen molar-refractivity contribution in [3.63, 3.8) is 0 Å². The standard InChI is InChI=1S/C23H34O/c1-5-7-22-11-18-10-21(6-2,13-22)14-23(12-18,15-22)19-8-16(3)20(24)17(4)9-19/h8-9,18,24H,5-7,10-15H2,1-4H3. The van der Waals surface area contributed by atoms with Crippen molar-refractivity contribution in [2.45, 2.75) is 90.9 Å². The lowest BCUT2D eigenvalue weighted by Crippen LogP contribution is -2.58. The minimum absolute atomic E-state index is 0.383. The smallest absolute Gasteiger partial charge is 0.121 e. The van der Waals surface area contributed by atoms with Crippen LogP contribution < -0.4 is 0 Å². The summed E-state index contributed by atoms with van der Waals surface area (Å²) in [6.45, 7) is 8.96. The van der Waals surface area contributed by atoms with Crippen molar-refractivity contribution in [1.82, 2.24) is 0 Å². The molecule has 4 aliphatic rings. The second-order valence-corrected chi connectivity index (χ2v) is 9.85. The minimum Gasteiger partial charge on any atom is -0.507 e. The molecule has 4 aliphatic carbocycles. The second-order valence-electron chi connectivity index (χ2n) is 9.85. The largest absolute Gasteiger partial charge is 0.507 e. The predicted octanol–water partition coefficient (Wildman–Crippen LogP) is 6.43. The first kappa shape index (κ1) is 16.5. The van der Waals surface area contributed by atoms with Gasteiger partial charge in [0.05, 0.1) is 0 Å². The molecule has 1 aromatic rings. The number of hydrogen-bond donors (Lipinski definition) is 1. The highest BCUT2D eigenvalue weighted by atomic mass is 16.3. The summed E-state index contributed by atoms with van der Waals surface area (Å²) in [5.74, 6) is 1.43. The van der Waals surface area contributed by atoms with Crippen LogP contribution in [0.1, 0.15) is 88.3 Å². The molecule has 0 amide bonds. The first-order valence-electron chi connectivity index (χ1n) is 10.2. The average Bonchev–Trinajstić information content (AvgIpc) is 2.51. The van der Waals surface area contributed by atoms with Crippen LogP contribution in [0.2, 0.25) is 0 Å².